The van der Waals surface area contributed by atoms with Crippen LogP contribution in [0, 0.1) is 5.41 Å². The van der Waals surface area contributed by atoms with Gasteiger partial charge >= 0.3 is 11.9 Å². The highest BCUT2D eigenvalue weighted by molar-refractivity contribution is 6.82. The van der Waals surface area contributed by atoms with Crippen molar-refractivity contribution < 1.29 is 47.5 Å². The van der Waals surface area contributed by atoms with Crippen LogP contribution in [-0.4, -0.2) is 105 Å². The molecule has 28 aromatic carbocycles. The Bertz CT molecular complexity index is 7050. The van der Waals surface area contributed by atoms with E-state index in [2.05, 4.69) is 0 Å². The third-order valence-electron chi connectivity index (χ3n) is 27.5. The molecule has 0 aromatic heterocycles. The van der Waals surface area contributed by atoms with E-state index in [1.807, 2.05) is 0 Å². The lowest BCUT2D eigenvalue weighted by molar-refractivity contribution is -0.168. The van der Waals surface area contributed by atoms with E-state index >= 15 is 9.59 Å². The highest BCUT2D eigenvalue weighted by Gasteiger charge is 3.01. The SMILES string of the molecule is COCCOCCOCCOC(=O)C1(C(=O)OCCOCCOCCOC)C23c4c5c6c7c8c9c(c%10c%11c2c2c4c4c%12c5c5c6c6c8c8c%13c9c9c%10c%10c%11c%11c2c2c4c4c%12c%12c5c5c6c8c6c8c%13c9c9c%10c%10c%11c2c2c4c4c%12c5c6c5c8c9c%10c2c45)C713. The van der Waals surface area contributed by atoms with Gasteiger partial charge in [-0.05, 0) is 313 Å². The summed E-state index contributed by atoms with van der Waals surface area (Å²) in [6.07, 6.45) is 0. The van der Waals surface area contributed by atoms with Crippen LogP contribution in [0.1, 0.15) is 22.3 Å². The first-order valence-corrected chi connectivity index (χ1v) is 31.6. The van der Waals surface area contributed by atoms with Crippen molar-refractivity contribution in [3.63, 3.8) is 0 Å². The van der Waals surface area contributed by atoms with Crippen molar-refractivity contribution >= 4 is 303 Å². The van der Waals surface area contributed by atoms with Gasteiger partial charge < -0.3 is 37.9 Å². The summed E-state index contributed by atoms with van der Waals surface area (Å²) in [6, 6.07) is 0. The van der Waals surface area contributed by atoms with Gasteiger partial charge in [0.15, 0.2) is 5.41 Å². The normalized spacial score (nSPS) is 18.5. The third kappa shape index (κ3) is 2.54. The van der Waals surface area contributed by atoms with Gasteiger partial charge in [0.05, 0.1) is 76.9 Å². The van der Waals surface area contributed by atoms with Crippen LogP contribution in [0.15, 0.2) is 0 Å². The van der Waals surface area contributed by atoms with E-state index in [1.165, 1.54) is 302 Å². The Balaban J connectivity index is 0.851. The molecule has 28 aromatic rings. The molecular formula is C77H30O10. The average Bonchev–Trinajstić information content (AvgIpc) is 1.36. The Hall–Kier alpha value is -8.84. The Morgan fingerprint density at radius 1 is 0.207 bits per heavy atom. The summed E-state index contributed by atoms with van der Waals surface area (Å²) in [5, 5.41) is 77.9. The van der Waals surface area contributed by atoms with Crippen LogP contribution in [0.4, 0.5) is 0 Å². The molecule has 398 valence electrons. The molecule has 0 unspecified atom stereocenters. The summed E-state index contributed by atoms with van der Waals surface area (Å²) < 4.78 is 48.4. The molecule has 0 atom stereocenters. The number of hydrogen-bond acceptors (Lipinski definition) is 10. The third-order valence-corrected chi connectivity index (χ3v) is 27.5. The second-order valence-corrected chi connectivity index (χ2v) is 28.7. The van der Waals surface area contributed by atoms with Crippen LogP contribution < -0.4 is 0 Å². The van der Waals surface area contributed by atoms with Crippen LogP contribution in [-0.2, 0) is 58.3 Å². The number of benzene rings is 18. The Morgan fingerprint density at radius 3 is 0.506 bits per heavy atom. The first-order valence-electron chi connectivity index (χ1n) is 31.6. The van der Waals surface area contributed by atoms with E-state index in [-0.39, 0.29) is 26.4 Å². The molecule has 0 saturated heterocycles. The summed E-state index contributed by atoms with van der Waals surface area (Å²) >= 11 is 0. The Labute approximate surface area is 479 Å². The van der Waals surface area contributed by atoms with E-state index < -0.39 is 28.2 Å². The smallest absolute Gasteiger partial charge is 0.326 e. The predicted octanol–water partition coefficient (Wildman–Crippen LogP) is 15.7. The van der Waals surface area contributed by atoms with Crippen molar-refractivity contribution in [3.05, 3.63) is 22.3 Å². The topological polar surface area (TPSA) is 108 Å². The monoisotopic (exact) mass is 1110 g/mol. The van der Waals surface area contributed by atoms with Gasteiger partial charge in [0.1, 0.15) is 13.2 Å². The van der Waals surface area contributed by atoms with Crippen LogP contribution in [0.3, 0.4) is 0 Å². The maximum atomic E-state index is 17.4. The van der Waals surface area contributed by atoms with Gasteiger partial charge in [-0.1, -0.05) is 0 Å². The van der Waals surface area contributed by atoms with E-state index in [1.54, 1.807) is 25.0 Å². The molecule has 10 nitrogen and oxygen atoms in total. The minimum absolute atomic E-state index is 0.0246. The first-order chi connectivity index (χ1) is 43.2. The van der Waals surface area contributed by atoms with Crippen molar-refractivity contribution in [2.45, 2.75) is 10.8 Å². The zero-order chi connectivity index (χ0) is 54.3. The molecule has 0 heterocycles. The highest BCUT2D eigenvalue weighted by atomic mass is 16.6. The largest absolute Gasteiger partial charge is 0.462 e. The summed E-state index contributed by atoms with van der Waals surface area (Å²) in [5.74, 6) is -1.01. The Morgan fingerprint density at radius 2 is 0.345 bits per heavy atom. The quantitative estimate of drug-likeness (QED) is 0.0317. The summed E-state index contributed by atoms with van der Waals surface area (Å²) in [4.78, 5) is 34.9. The van der Waals surface area contributed by atoms with Crippen molar-refractivity contribution in [1.82, 2.24) is 0 Å². The lowest BCUT2D eigenvalue weighted by Gasteiger charge is -2.32. The molecular weight excluding hydrogens is 1080 g/mol. The van der Waals surface area contributed by atoms with E-state index in [0.717, 1.165) is 0 Å². The maximum absolute atomic E-state index is 17.4. The molecule has 1 saturated carbocycles. The highest BCUT2D eigenvalue weighted by Crippen LogP contribution is 2.96. The van der Waals surface area contributed by atoms with Crippen LogP contribution in [0.25, 0.3) is 291 Å². The number of esters is 2. The van der Waals surface area contributed by atoms with Crippen LogP contribution in [0.2, 0.25) is 0 Å². The molecule has 33 rings (SSSR count). The van der Waals surface area contributed by atoms with Gasteiger partial charge in [-0.15, -0.1) is 0 Å². The standard InChI is InChI=1S/C77H30O10/c1-80-3-5-82-7-9-84-11-13-86-73(78)77(74(79)87-14-12-85-10-8-83-6-4-81-2)75-69-61-53-43-33-25-17-15-16-19-23-21(17)29-37-31(23)41-35-27(19)28-20(16)24-22-18(15)26(25)34-40-30(22)38-32(24)42-36(28)46-45(35)55-49(41)59-51(37)57(47(53)39(29)33)65(69)67(59)71-63(55)64-56(46)50(42)60-52(38)58-48(40)54(44(34)43)62(61)70(75)66(58)68(60)72(64)76(71,75)77/h3-14H2,1-2H3. The second kappa shape index (κ2) is 10.2. The average molecular weight is 1120 g/mol. The number of methoxy groups -OCH3 is 2. The molecule has 2 spiro atoms. The summed E-state index contributed by atoms with van der Waals surface area (Å²) in [5.41, 5.74) is 0.565. The van der Waals surface area contributed by atoms with E-state index in [9.17, 15) is 0 Å². The maximum Gasteiger partial charge on any atom is 0.326 e. The van der Waals surface area contributed by atoms with Gasteiger partial charge in [-0.2, -0.15) is 0 Å². The van der Waals surface area contributed by atoms with Gasteiger partial charge in [-0.25, -0.2) is 0 Å². The van der Waals surface area contributed by atoms with Gasteiger partial charge in [0.25, 0.3) is 0 Å². The fourth-order valence-corrected chi connectivity index (χ4v) is 26.8. The molecule has 0 bridgehead atoms. The van der Waals surface area contributed by atoms with Crippen molar-refractivity contribution in [2.75, 3.05) is 93.5 Å². The molecule has 10 heteroatoms. The fourth-order valence-electron chi connectivity index (χ4n) is 26.8. The molecule has 0 aliphatic heterocycles. The van der Waals surface area contributed by atoms with Crippen molar-refractivity contribution in [2.24, 2.45) is 5.41 Å². The number of carbonyl (C=O) groups excluding carboxylic acids is 2. The molecule has 5 aliphatic rings. The number of rotatable bonds is 20. The van der Waals surface area contributed by atoms with Crippen molar-refractivity contribution in [1.29, 1.82) is 0 Å². The predicted molar refractivity (Wildman–Crippen MR) is 345 cm³/mol. The van der Waals surface area contributed by atoms with Gasteiger partial charge in [-0.3, -0.25) is 9.59 Å². The summed E-state index contributed by atoms with van der Waals surface area (Å²) in [6.45, 7) is 3.64. The van der Waals surface area contributed by atoms with Gasteiger partial charge in [0, 0.05) is 14.2 Å². The zero-order valence-electron chi connectivity index (χ0n) is 46.1. The zero-order valence-corrected chi connectivity index (χ0v) is 46.1. The second-order valence-electron chi connectivity index (χ2n) is 28.7. The minimum atomic E-state index is -1.86. The van der Waals surface area contributed by atoms with Crippen LogP contribution >= 0.6 is 0 Å². The molecule has 0 amide bonds. The van der Waals surface area contributed by atoms with Crippen LogP contribution in [0.5, 0.6) is 0 Å². The van der Waals surface area contributed by atoms with E-state index in [0.29, 0.717) is 52.9 Å². The fraction of sp³-hybridized carbons (Fsp3) is 0.221. The first kappa shape index (κ1) is 39.1. The lowest BCUT2D eigenvalue weighted by Crippen LogP contribution is -2.39. The van der Waals surface area contributed by atoms with E-state index in [4.69, 9.17) is 37.9 Å². The molecule has 87 heavy (non-hydrogen) atoms. The number of hydrogen-bond donors (Lipinski definition) is 0. The molecule has 0 N–H and O–H groups in total. The molecule has 5 aliphatic carbocycles. The van der Waals surface area contributed by atoms with Gasteiger partial charge in [0.2, 0.25) is 0 Å². The Kier molecular flexibility index (Phi) is 4.59. The lowest BCUT2D eigenvalue weighted by atomic mass is 9.68. The van der Waals surface area contributed by atoms with Crippen molar-refractivity contribution in [3.8, 4) is 0 Å². The molecule has 0 radical (unpaired) electrons. The minimum Gasteiger partial charge on any atom is -0.462 e. The molecule has 1 fully saturated rings. The number of ether oxygens (including phenoxy) is 8. The summed E-state index contributed by atoms with van der Waals surface area (Å²) in [7, 11) is 3.33. The number of carbonyl (C=O) groups is 2.